The number of methoxy groups -OCH3 is 1. The summed E-state index contributed by atoms with van der Waals surface area (Å²) in [6, 6.07) is 9.61. The maximum Gasteiger partial charge on any atom is 0.181 e. The lowest BCUT2D eigenvalue weighted by molar-refractivity contribution is 0.0892. The molecule has 0 saturated carbocycles. The molecule has 0 radical (unpaired) electrons. The Kier molecular flexibility index (Phi) is 3.17. The summed E-state index contributed by atoms with van der Waals surface area (Å²) in [7, 11) is 1.57. The Bertz CT molecular complexity index is 691. The summed E-state index contributed by atoms with van der Waals surface area (Å²) in [5, 5.41) is 19.3. The molecule has 2 aromatic carbocycles. The van der Waals surface area contributed by atoms with Gasteiger partial charge in [-0.15, -0.1) is 0 Å². The quantitative estimate of drug-likeness (QED) is 0.887. The molecule has 3 rings (SSSR count). The molecule has 0 aromatic heterocycles. The Morgan fingerprint density at radius 1 is 1.19 bits per heavy atom. The van der Waals surface area contributed by atoms with Gasteiger partial charge in [0.05, 0.1) is 13.0 Å². The van der Waals surface area contributed by atoms with Crippen LogP contribution >= 0.6 is 0 Å². The smallest absolute Gasteiger partial charge is 0.181 e. The molecule has 0 amide bonds. The largest absolute Gasteiger partial charge is 0.508 e. The number of rotatable bonds is 2. The topological polar surface area (TPSA) is 76.0 Å². The van der Waals surface area contributed by atoms with Gasteiger partial charge < -0.3 is 19.7 Å². The number of Topliss-reactive ketones (excluding diaryl/α,β-unsaturated/α-hetero) is 1. The van der Waals surface area contributed by atoms with Crippen molar-refractivity contribution in [3.63, 3.8) is 0 Å². The molecule has 1 atom stereocenters. The predicted molar refractivity (Wildman–Crippen MR) is 75.3 cm³/mol. The first-order chi connectivity index (χ1) is 10.1. The number of benzene rings is 2. The van der Waals surface area contributed by atoms with Crippen LogP contribution in [0.2, 0.25) is 0 Å². The van der Waals surface area contributed by atoms with Crippen LogP contribution in [0, 0.1) is 0 Å². The molecule has 108 valence electrons. The van der Waals surface area contributed by atoms with Crippen LogP contribution in [-0.2, 0) is 0 Å². The van der Waals surface area contributed by atoms with Crippen molar-refractivity contribution in [3.8, 4) is 23.0 Å². The number of fused-ring (bicyclic) bond motifs is 1. The van der Waals surface area contributed by atoms with Crippen LogP contribution in [0.25, 0.3) is 0 Å². The van der Waals surface area contributed by atoms with Crippen LogP contribution in [0.3, 0.4) is 0 Å². The standard InChI is InChI=1S/C16H14O5/c1-20-11-4-2-9(3-5-11)12-8-21-14-7-10(17)6-13(18)15(14)16(12)19/h2-7,12,17-18H,8H2,1H3/t12-/m1/s1. The third-order valence-corrected chi connectivity index (χ3v) is 3.55. The van der Waals surface area contributed by atoms with E-state index < -0.39 is 5.92 Å². The van der Waals surface area contributed by atoms with Crippen molar-refractivity contribution in [2.45, 2.75) is 5.92 Å². The van der Waals surface area contributed by atoms with Gasteiger partial charge in [-0.05, 0) is 17.7 Å². The lowest BCUT2D eigenvalue weighted by Crippen LogP contribution is -2.26. The van der Waals surface area contributed by atoms with E-state index in [9.17, 15) is 15.0 Å². The maximum absolute atomic E-state index is 12.6. The van der Waals surface area contributed by atoms with Gasteiger partial charge in [0, 0.05) is 12.1 Å². The maximum atomic E-state index is 12.6. The van der Waals surface area contributed by atoms with Crippen LogP contribution in [0.1, 0.15) is 21.8 Å². The summed E-state index contributed by atoms with van der Waals surface area (Å²) >= 11 is 0. The molecule has 0 bridgehead atoms. The molecule has 21 heavy (non-hydrogen) atoms. The Morgan fingerprint density at radius 2 is 1.90 bits per heavy atom. The molecule has 1 heterocycles. The Morgan fingerprint density at radius 3 is 2.57 bits per heavy atom. The van der Waals surface area contributed by atoms with Crippen molar-refractivity contribution < 1.29 is 24.5 Å². The van der Waals surface area contributed by atoms with Crippen molar-refractivity contribution in [2.24, 2.45) is 0 Å². The van der Waals surface area contributed by atoms with Gasteiger partial charge in [-0.3, -0.25) is 4.79 Å². The molecule has 1 aliphatic heterocycles. The highest BCUT2D eigenvalue weighted by Gasteiger charge is 2.33. The highest BCUT2D eigenvalue weighted by atomic mass is 16.5. The van der Waals surface area contributed by atoms with Gasteiger partial charge in [0.2, 0.25) is 0 Å². The third kappa shape index (κ3) is 2.27. The summed E-state index contributed by atoms with van der Waals surface area (Å²) in [5.41, 5.74) is 0.902. The Hall–Kier alpha value is -2.69. The van der Waals surface area contributed by atoms with E-state index in [1.54, 1.807) is 31.4 Å². The molecule has 0 unspecified atom stereocenters. The van der Waals surface area contributed by atoms with E-state index in [1.807, 2.05) is 0 Å². The number of ether oxygens (including phenoxy) is 2. The number of phenols is 2. The summed E-state index contributed by atoms with van der Waals surface area (Å²) in [5.74, 6) is -0.203. The number of aromatic hydroxyl groups is 2. The number of carbonyl (C=O) groups excluding carboxylic acids is 1. The van der Waals surface area contributed by atoms with Crippen molar-refractivity contribution >= 4 is 5.78 Å². The van der Waals surface area contributed by atoms with Gasteiger partial charge in [0.1, 0.15) is 35.2 Å². The van der Waals surface area contributed by atoms with Gasteiger partial charge in [-0.1, -0.05) is 12.1 Å². The minimum absolute atomic E-state index is 0.111. The second-order valence-electron chi connectivity index (χ2n) is 4.84. The van der Waals surface area contributed by atoms with Gasteiger partial charge in [-0.2, -0.15) is 0 Å². The van der Waals surface area contributed by atoms with Crippen LogP contribution in [0.4, 0.5) is 0 Å². The fraction of sp³-hybridized carbons (Fsp3) is 0.188. The first-order valence-electron chi connectivity index (χ1n) is 6.47. The summed E-state index contributed by atoms with van der Waals surface area (Å²) in [6.45, 7) is 0.168. The zero-order valence-corrected chi connectivity index (χ0v) is 11.4. The molecule has 5 heteroatoms. The monoisotopic (exact) mass is 286 g/mol. The molecular formula is C16H14O5. The lowest BCUT2D eigenvalue weighted by Gasteiger charge is -2.25. The highest BCUT2D eigenvalue weighted by molar-refractivity contribution is 6.06. The van der Waals surface area contributed by atoms with Crippen LogP contribution < -0.4 is 9.47 Å². The van der Waals surface area contributed by atoms with Crippen molar-refractivity contribution in [1.29, 1.82) is 0 Å². The zero-order chi connectivity index (χ0) is 15.0. The van der Waals surface area contributed by atoms with Crippen molar-refractivity contribution in [1.82, 2.24) is 0 Å². The van der Waals surface area contributed by atoms with Gasteiger partial charge >= 0.3 is 0 Å². The molecule has 0 fully saturated rings. The summed E-state index contributed by atoms with van der Waals surface area (Å²) in [4.78, 5) is 12.6. The normalized spacial score (nSPS) is 17.0. The van der Waals surface area contributed by atoms with Crippen molar-refractivity contribution in [3.05, 3.63) is 47.5 Å². The Balaban J connectivity index is 1.98. The summed E-state index contributed by atoms with van der Waals surface area (Å²) in [6.07, 6.45) is 0. The molecule has 1 aliphatic rings. The lowest BCUT2D eigenvalue weighted by atomic mass is 9.88. The first-order valence-corrected chi connectivity index (χ1v) is 6.47. The Labute approximate surface area is 121 Å². The average molecular weight is 286 g/mol. The minimum Gasteiger partial charge on any atom is -0.508 e. The van der Waals surface area contributed by atoms with E-state index in [1.165, 1.54) is 6.07 Å². The van der Waals surface area contributed by atoms with Gasteiger partial charge in [-0.25, -0.2) is 0 Å². The second kappa shape index (κ2) is 5.01. The molecule has 0 spiro atoms. The van der Waals surface area contributed by atoms with E-state index in [-0.39, 0.29) is 35.2 Å². The van der Waals surface area contributed by atoms with Crippen LogP contribution in [0.5, 0.6) is 23.0 Å². The van der Waals surface area contributed by atoms with E-state index in [2.05, 4.69) is 0 Å². The van der Waals surface area contributed by atoms with Gasteiger partial charge in [0.25, 0.3) is 0 Å². The van der Waals surface area contributed by atoms with E-state index in [4.69, 9.17) is 9.47 Å². The number of carbonyl (C=O) groups is 1. The fourth-order valence-electron chi connectivity index (χ4n) is 2.45. The highest BCUT2D eigenvalue weighted by Crippen LogP contribution is 2.40. The first kappa shape index (κ1) is 13.3. The molecule has 0 aliphatic carbocycles. The fourth-order valence-corrected chi connectivity index (χ4v) is 2.45. The molecule has 0 saturated heterocycles. The predicted octanol–water partition coefficient (Wildman–Crippen LogP) is 2.47. The molecular weight excluding hydrogens is 272 g/mol. The SMILES string of the molecule is COc1ccc([C@H]2COc3cc(O)cc(O)c3C2=O)cc1. The van der Waals surface area contributed by atoms with E-state index in [0.29, 0.717) is 5.75 Å². The van der Waals surface area contributed by atoms with Gasteiger partial charge in [0.15, 0.2) is 5.78 Å². The minimum atomic E-state index is -0.487. The van der Waals surface area contributed by atoms with Crippen LogP contribution in [-0.4, -0.2) is 29.7 Å². The number of ketones is 1. The molecule has 2 N–H and O–H groups in total. The number of hydrogen-bond donors (Lipinski definition) is 2. The average Bonchev–Trinajstić information content (AvgIpc) is 2.47. The number of phenolic OH excluding ortho intramolecular Hbond substituents is 2. The summed E-state index contributed by atoms with van der Waals surface area (Å²) < 4.78 is 10.6. The van der Waals surface area contributed by atoms with Crippen molar-refractivity contribution in [2.75, 3.05) is 13.7 Å². The molecule has 2 aromatic rings. The molecule has 5 nitrogen and oxygen atoms in total. The van der Waals surface area contributed by atoms with Crippen LogP contribution in [0.15, 0.2) is 36.4 Å². The number of hydrogen-bond acceptors (Lipinski definition) is 5. The second-order valence-corrected chi connectivity index (χ2v) is 4.84. The third-order valence-electron chi connectivity index (χ3n) is 3.55. The zero-order valence-electron chi connectivity index (χ0n) is 11.4. The van der Waals surface area contributed by atoms with E-state index >= 15 is 0 Å². The van der Waals surface area contributed by atoms with E-state index in [0.717, 1.165) is 11.6 Å².